The van der Waals surface area contributed by atoms with E-state index < -0.39 is 18.2 Å². The Kier molecular flexibility index (Phi) is 4.11. The van der Waals surface area contributed by atoms with E-state index in [0.29, 0.717) is 12.8 Å². The second kappa shape index (κ2) is 6.04. The largest absolute Gasteiger partial charge is 0.479 e. The SMILES string of the molecule is O=C(NC1CCCc2cc(F)ccc21)[C@@H]1CC[C@H](C(=O)O)O1. The predicted octanol–water partition coefficient (Wildman–Crippen LogP) is 1.95. The summed E-state index contributed by atoms with van der Waals surface area (Å²) in [6.45, 7) is 0. The number of aryl methyl sites for hydroxylation is 1. The molecule has 3 atom stereocenters. The lowest BCUT2D eigenvalue weighted by Crippen LogP contribution is -2.39. The van der Waals surface area contributed by atoms with Crippen LogP contribution in [0, 0.1) is 5.82 Å². The van der Waals surface area contributed by atoms with Crippen molar-refractivity contribution in [3.05, 3.63) is 35.1 Å². The number of carboxylic acids is 1. The minimum Gasteiger partial charge on any atom is -0.479 e. The Labute approximate surface area is 127 Å². The molecule has 3 rings (SSSR count). The molecule has 0 bridgehead atoms. The molecule has 0 spiro atoms. The van der Waals surface area contributed by atoms with Crippen LogP contribution in [0.5, 0.6) is 0 Å². The number of aliphatic carboxylic acids is 1. The van der Waals surface area contributed by atoms with Gasteiger partial charge >= 0.3 is 5.97 Å². The van der Waals surface area contributed by atoms with E-state index in [1.165, 1.54) is 12.1 Å². The zero-order chi connectivity index (χ0) is 15.7. The predicted molar refractivity (Wildman–Crippen MR) is 75.8 cm³/mol. The van der Waals surface area contributed by atoms with Crippen LogP contribution < -0.4 is 5.32 Å². The quantitative estimate of drug-likeness (QED) is 0.895. The third-order valence-corrected chi connectivity index (χ3v) is 4.32. The van der Waals surface area contributed by atoms with E-state index in [2.05, 4.69) is 5.32 Å². The van der Waals surface area contributed by atoms with E-state index in [9.17, 15) is 14.0 Å². The maximum absolute atomic E-state index is 13.3. The maximum Gasteiger partial charge on any atom is 0.332 e. The number of carbonyl (C=O) groups is 2. The monoisotopic (exact) mass is 307 g/mol. The fourth-order valence-corrected chi connectivity index (χ4v) is 3.21. The first-order valence-electron chi connectivity index (χ1n) is 7.51. The van der Waals surface area contributed by atoms with Gasteiger partial charge in [-0.1, -0.05) is 6.07 Å². The summed E-state index contributed by atoms with van der Waals surface area (Å²) in [5, 5.41) is 11.8. The molecular formula is C16H18FNO4. The maximum atomic E-state index is 13.3. The molecular weight excluding hydrogens is 289 g/mol. The van der Waals surface area contributed by atoms with E-state index in [4.69, 9.17) is 9.84 Å². The molecule has 2 aliphatic rings. The Morgan fingerprint density at radius 2 is 2.00 bits per heavy atom. The van der Waals surface area contributed by atoms with Gasteiger partial charge < -0.3 is 15.2 Å². The number of fused-ring (bicyclic) bond motifs is 1. The summed E-state index contributed by atoms with van der Waals surface area (Å²) in [5.41, 5.74) is 1.86. The molecule has 118 valence electrons. The molecule has 1 saturated heterocycles. The first-order chi connectivity index (χ1) is 10.5. The summed E-state index contributed by atoms with van der Waals surface area (Å²) in [4.78, 5) is 23.1. The van der Waals surface area contributed by atoms with Gasteiger partial charge in [0.15, 0.2) is 6.10 Å². The number of amides is 1. The molecule has 0 saturated carbocycles. The standard InChI is InChI=1S/C16H18FNO4/c17-10-4-5-11-9(8-10)2-1-3-12(11)18-15(19)13-6-7-14(22-13)16(20)21/h4-5,8,12-14H,1-3,6-7H2,(H,18,19)(H,20,21)/t12?,13-,14+/m0/s1. The fraction of sp³-hybridized carbons (Fsp3) is 0.500. The molecule has 1 fully saturated rings. The van der Waals surface area contributed by atoms with E-state index in [1.54, 1.807) is 6.07 Å². The van der Waals surface area contributed by atoms with Gasteiger partial charge in [0.05, 0.1) is 6.04 Å². The summed E-state index contributed by atoms with van der Waals surface area (Å²) >= 11 is 0. The highest BCUT2D eigenvalue weighted by atomic mass is 19.1. The third kappa shape index (κ3) is 2.97. The van der Waals surface area contributed by atoms with Crippen molar-refractivity contribution in [1.82, 2.24) is 5.32 Å². The minimum absolute atomic E-state index is 0.163. The van der Waals surface area contributed by atoms with E-state index in [0.717, 1.165) is 30.4 Å². The Balaban J connectivity index is 1.67. The Bertz CT molecular complexity index is 604. The second-order valence-electron chi connectivity index (χ2n) is 5.83. The van der Waals surface area contributed by atoms with Crippen LogP contribution in [0.4, 0.5) is 4.39 Å². The number of ether oxygens (including phenoxy) is 1. The Morgan fingerprint density at radius 3 is 2.73 bits per heavy atom. The minimum atomic E-state index is -1.03. The van der Waals surface area contributed by atoms with Crippen molar-refractivity contribution >= 4 is 11.9 Å². The molecule has 1 aliphatic carbocycles. The third-order valence-electron chi connectivity index (χ3n) is 4.32. The van der Waals surface area contributed by atoms with Gasteiger partial charge in [-0.2, -0.15) is 0 Å². The Hall–Kier alpha value is -1.95. The molecule has 2 N–H and O–H groups in total. The van der Waals surface area contributed by atoms with Gasteiger partial charge in [0.2, 0.25) is 5.91 Å². The Morgan fingerprint density at radius 1 is 1.23 bits per heavy atom. The molecule has 22 heavy (non-hydrogen) atoms. The van der Waals surface area contributed by atoms with Gasteiger partial charge in [-0.25, -0.2) is 9.18 Å². The number of carbonyl (C=O) groups excluding carboxylic acids is 1. The summed E-state index contributed by atoms with van der Waals surface area (Å²) in [6, 6.07) is 4.46. The number of nitrogens with one attached hydrogen (secondary N) is 1. The highest BCUT2D eigenvalue weighted by Crippen LogP contribution is 2.31. The normalized spacial score (nSPS) is 27.2. The van der Waals surface area contributed by atoms with Crippen molar-refractivity contribution < 1.29 is 23.8 Å². The summed E-state index contributed by atoms with van der Waals surface area (Å²) in [5.74, 6) is -1.59. The van der Waals surface area contributed by atoms with Crippen LogP contribution in [0.25, 0.3) is 0 Å². The number of hydrogen-bond donors (Lipinski definition) is 2. The molecule has 1 amide bonds. The van der Waals surface area contributed by atoms with Gasteiger partial charge in [-0.15, -0.1) is 0 Å². The lowest BCUT2D eigenvalue weighted by molar-refractivity contribution is -0.151. The van der Waals surface area contributed by atoms with Gasteiger partial charge in [0, 0.05) is 0 Å². The molecule has 1 unspecified atom stereocenters. The lowest BCUT2D eigenvalue weighted by Gasteiger charge is -2.27. The molecule has 1 aromatic rings. The zero-order valence-electron chi connectivity index (χ0n) is 12.0. The average molecular weight is 307 g/mol. The van der Waals surface area contributed by atoms with Crippen molar-refractivity contribution in [3.8, 4) is 0 Å². The molecule has 0 aromatic heterocycles. The van der Waals surface area contributed by atoms with Gasteiger partial charge in [-0.3, -0.25) is 4.79 Å². The smallest absolute Gasteiger partial charge is 0.332 e. The first-order valence-corrected chi connectivity index (χ1v) is 7.51. The van der Waals surface area contributed by atoms with Crippen molar-refractivity contribution in [2.45, 2.75) is 50.4 Å². The molecule has 1 heterocycles. The van der Waals surface area contributed by atoms with Crippen LogP contribution in [0.2, 0.25) is 0 Å². The topological polar surface area (TPSA) is 75.6 Å². The van der Waals surface area contributed by atoms with Crippen molar-refractivity contribution in [1.29, 1.82) is 0 Å². The molecule has 5 nitrogen and oxygen atoms in total. The molecule has 1 aliphatic heterocycles. The second-order valence-corrected chi connectivity index (χ2v) is 5.83. The van der Waals surface area contributed by atoms with Crippen molar-refractivity contribution in [2.75, 3.05) is 0 Å². The van der Waals surface area contributed by atoms with Crippen LogP contribution in [-0.4, -0.2) is 29.2 Å². The van der Waals surface area contributed by atoms with Crippen LogP contribution in [0.3, 0.4) is 0 Å². The number of benzene rings is 1. The van der Waals surface area contributed by atoms with Crippen LogP contribution >= 0.6 is 0 Å². The molecule has 1 aromatic carbocycles. The fourth-order valence-electron chi connectivity index (χ4n) is 3.21. The summed E-state index contributed by atoms with van der Waals surface area (Å²) in [6.07, 6.45) is 1.62. The highest BCUT2D eigenvalue weighted by molar-refractivity contribution is 5.83. The van der Waals surface area contributed by atoms with Crippen LogP contribution in [-0.2, 0) is 20.7 Å². The van der Waals surface area contributed by atoms with Gasteiger partial charge in [0.25, 0.3) is 0 Å². The van der Waals surface area contributed by atoms with E-state index in [-0.39, 0.29) is 17.8 Å². The molecule has 0 radical (unpaired) electrons. The average Bonchev–Trinajstić information content (AvgIpc) is 2.97. The molecule has 6 heteroatoms. The number of rotatable bonds is 3. The number of carboxylic acid groups (broad SMARTS) is 1. The van der Waals surface area contributed by atoms with Crippen molar-refractivity contribution in [3.63, 3.8) is 0 Å². The van der Waals surface area contributed by atoms with Gasteiger partial charge in [0.1, 0.15) is 11.9 Å². The highest BCUT2D eigenvalue weighted by Gasteiger charge is 2.36. The number of hydrogen-bond acceptors (Lipinski definition) is 3. The first kappa shape index (κ1) is 15.0. The van der Waals surface area contributed by atoms with Crippen LogP contribution in [0.1, 0.15) is 42.9 Å². The lowest BCUT2D eigenvalue weighted by atomic mass is 9.87. The van der Waals surface area contributed by atoms with Crippen LogP contribution in [0.15, 0.2) is 18.2 Å². The number of halogens is 1. The zero-order valence-corrected chi connectivity index (χ0v) is 12.0. The summed E-state index contributed by atoms with van der Waals surface area (Å²) in [7, 11) is 0. The summed E-state index contributed by atoms with van der Waals surface area (Å²) < 4.78 is 18.5. The van der Waals surface area contributed by atoms with Crippen molar-refractivity contribution in [2.24, 2.45) is 0 Å². The van der Waals surface area contributed by atoms with E-state index in [1.807, 2.05) is 0 Å². The van der Waals surface area contributed by atoms with Gasteiger partial charge in [-0.05, 0) is 55.4 Å². The van der Waals surface area contributed by atoms with E-state index >= 15 is 0 Å².